The van der Waals surface area contributed by atoms with Crippen LogP contribution in [0.1, 0.15) is 28.8 Å². The number of carbonyl (C=O) groups is 5. The number of rotatable bonds is 13. The van der Waals surface area contributed by atoms with E-state index in [0.717, 1.165) is 23.1 Å². The highest BCUT2D eigenvalue weighted by atomic mass is 32.2. The van der Waals surface area contributed by atoms with Crippen LogP contribution in [0.5, 0.6) is 0 Å². The van der Waals surface area contributed by atoms with Crippen molar-refractivity contribution in [3.05, 3.63) is 113 Å². The zero-order chi connectivity index (χ0) is 35.2. The van der Waals surface area contributed by atoms with Crippen molar-refractivity contribution in [3.63, 3.8) is 0 Å². The number of fused-ring (bicyclic) bond motifs is 1. The molecule has 3 unspecified atom stereocenters. The number of carbonyl (C=O) groups excluding carboxylic acids is 5. The quantitative estimate of drug-likeness (QED) is 0.0674. The van der Waals surface area contributed by atoms with Crippen LogP contribution < -0.4 is 5.32 Å². The number of nitrogens with one attached hydrogen (secondary N) is 1. The van der Waals surface area contributed by atoms with Crippen molar-refractivity contribution in [2.75, 3.05) is 6.61 Å². The summed E-state index contributed by atoms with van der Waals surface area (Å²) in [5, 5.41) is 26.9. The van der Waals surface area contributed by atoms with E-state index in [1.807, 2.05) is 0 Å². The number of ether oxygens (including phenoxy) is 3. The van der Waals surface area contributed by atoms with Gasteiger partial charge in [-0.1, -0.05) is 6.07 Å². The fourth-order valence-electron chi connectivity index (χ4n) is 4.94. The van der Waals surface area contributed by atoms with E-state index in [-0.39, 0.29) is 36.8 Å². The van der Waals surface area contributed by atoms with Crippen LogP contribution in [0.25, 0.3) is 0 Å². The Kier molecular flexibility index (Phi) is 10.7. The Bertz CT molecular complexity index is 1810. The minimum atomic E-state index is -1.44. The molecule has 2 aliphatic heterocycles. The van der Waals surface area contributed by atoms with Gasteiger partial charge in [-0.25, -0.2) is 4.79 Å². The lowest BCUT2D eigenvalue weighted by Gasteiger charge is -2.51. The number of β-lactam (4-membered cyclic amide) rings is 1. The molecule has 49 heavy (non-hydrogen) atoms. The fourth-order valence-corrected chi connectivity index (χ4v) is 6.96. The largest absolute Gasteiger partial charge is 0.461 e. The van der Waals surface area contributed by atoms with E-state index in [0.29, 0.717) is 16.0 Å². The minimum absolute atomic E-state index is 0.140. The average Bonchev–Trinajstić information content (AvgIpc) is 3.62. The Morgan fingerprint density at radius 1 is 0.878 bits per heavy atom. The van der Waals surface area contributed by atoms with Gasteiger partial charge in [-0.05, 0) is 52.2 Å². The van der Waals surface area contributed by atoms with E-state index in [9.17, 15) is 44.2 Å². The Labute approximate surface area is 285 Å². The zero-order valence-electron chi connectivity index (χ0n) is 25.4. The SMILES string of the molecule is CC(=O)OCC1=CS[C@@H]2C(NC(=O)C(C(=O)OCc3ccc([N+](=O)[O-])cc3)c3cccs3)C(=O)N2C1C(=O)OCc1ccc([N+](=O)[O-])cc1. The molecule has 16 nitrogen and oxygen atoms in total. The van der Waals surface area contributed by atoms with E-state index in [2.05, 4.69) is 5.32 Å². The van der Waals surface area contributed by atoms with E-state index >= 15 is 0 Å². The second-order valence-electron chi connectivity index (χ2n) is 10.6. The smallest absolute Gasteiger partial charge is 0.333 e. The molecule has 254 valence electrons. The Morgan fingerprint density at radius 3 is 2.00 bits per heavy atom. The van der Waals surface area contributed by atoms with Gasteiger partial charge >= 0.3 is 17.9 Å². The molecule has 1 saturated heterocycles. The summed E-state index contributed by atoms with van der Waals surface area (Å²) < 4.78 is 15.9. The van der Waals surface area contributed by atoms with Crippen LogP contribution in [0.3, 0.4) is 0 Å². The molecule has 2 amide bonds. The Hall–Kier alpha value is -5.62. The predicted molar refractivity (Wildman–Crippen MR) is 172 cm³/mol. The summed E-state index contributed by atoms with van der Waals surface area (Å²) in [5.41, 5.74) is 0.877. The van der Waals surface area contributed by atoms with Gasteiger partial charge in [0.2, 0.25) is 11.8 Å². The van der Waals surface area contributed by atoms with Crippen LogP contribution in [0, 0.1) is 20.2 Å². The standard InChI is InChI=1S/C31H26N4O12S2/c1-17(36)45-15-20-16-49-29-25(28(38)33(29)26(20)31(40)47-14-19-6-10-22(11-7-19)35(43)44)32-27(37)24(23-3-2-12-48-23)30(39)46-13-18-4-8-21(9-5-18)34(41)42/h2-12,16,24-26,29H,13-15H2,1H3,(H,32,37)/t24?,25?,26?,29-/m1/s1. The lowest BCUT2D eigenvalue weighted by atomic mass is 9.97. The number of hydrogen-bond donors (Lipinski definition) is 1. The molecule has 3 aromatic rings. The number of thiophene rings is 1. The van der Waals surface area contributed by atoms with Crippen molar-refractivity contribution >= 4 is 64.2 Å². The zero-order valence-corrected chi connectivity index (χ0v) is 27.0. The Balaban J connectivity index is 1.28. The third-order valence-corrected chi connectivity index (χ3v) is 9.57. The molecule has 2 aromatic carbocycles. The van der Waals surface area contributed by atoms with Gasteiger partial charge in [0.25, 0.3) is 11.4 Å². The van der Waals surface area contributed by atoms with Crippen molar-refractivity contribution < 1.29 is 48.0 Å². The summed E-state index contributed by atoms with van der Waals surface area (Å²) in [5.74, 6) is -5.29. The molecule has 0 spiro atoms. The summed E-state index contributed by atoms with van der Waals surface area (Å²) in [6.07, 6.45) is 0. The van der Waals surface area contributed by atoms with E-state index in [1.54, 1.807) is 22.9 Å². The van der Waals surface area contributed by atoms with Crippen LogP contribution in [-0.2, 0) is 51.4 Å². The minimum Gasteiger partial charge on any atom is -0.461 e. The number of hydrogen-bond acceptors (Lipinski definition) is 14. The number of nitro groups is 2. The van der Waals surface area contributed by atoms with Crippen molar-refractivity contribution in [2.45, 2.75) is 43.5 Å². The highest BCUT2D eigenvalue weighted by Gasteiger charge is 2.57. The van der Waals surface area contributed by atoms with Crippen LogP contribution in [0.15, 0.2) is 77.0 Å². The van der Waals surface area contributed by atoms with Gasteiger partial charge in [0.15, 0.2) is 12.0 Å². The summed E-state index contributed by atoms with van der Waals surface area (Å²) >= 11 is 2.22. The summed E-state index contributed by atoms with van der Waals surface area (Å²) in [4.78, 5) is 87.4. The molecule has 0 saturated carbocycles. The first-order valence-electron chi connectivity index (χ1n) is 14.4. The molecular formula is C31H26N4O12S2. The van der Waals surface area contributed by atoms with Gasteiger partial charge in [0.1, 0.15) is 31.2 Å². The predicted octanol–water partition coefficient (Wildman–Crippen LogP) is 3.35. The normalized spacial score (nSPS) is 18.6. The molecule has 18 heteroatoms. The molecule has 0 bridgehead atoms. The van der Waals surface area contributed by atoms with Crippen LogP contribution >= 0.6 is 23.1 Å². The maximum Gasteiger partial charge on any atom is 0.333 e. The third-order valence-electron chi connectivity index (χ3n) is 7.41. The average molecular weight is 711 g/mol. The van der Waals surface area contributed by atoms with E-state index in [1.165, 1.54) is 60.4 Å². The van der Waals surface area contributed by atoms with Gasteiger partial charge in [0.05, 0.1) is 9.85 Å². The summed E-state index contributed by atoms with van der Waals surface area (Å²) in [6, 6.07) is 11.5. The number of non-ortho nitro benzene ring substituents is 2. The van der Waals surface area contributed by atoms with Crippen LogP contribution in [0.2, 0.25) is 0 Å². The first-order chi connectivity index (χ1) is 23.4. The van der Waals surface area contributed by atoms with Crippen molar-refractivity contribution in [3.8, 4) is 0 Å². The summed E-state index contributed by atoms with van der Waals surface area (Å²) in [7, 11) is 0. The van der Waals surface area contributed by atoms with Crippen molar-refractivity contribution in [2.24, 2.45) is 0 Å². The molecule has 2 aliphatic rings. The highest BCUT2D eigenvalue weighted by molar-refractivity contribution is 8.03. The first kappa shape index (κ1) is 34.7. The number of benzene rings is 2. The van der Waals surface area contributed by atoms with Gasteiger partial charge < -0.3 is 24.4 Å². The van der Waals surface area contributed by atoms with Gasteiger partial charge in [-0.2, -0.15) is 0 Å². The maximum absolute atomic E-state index is 13.6. The molecule has 4 atom stereocenters. The molecule has 1 aromatic heterocycles. The fraction of sp³-hybridized carbons (Fsp3) is 0.258. The molecule has 3 heterocycles. The molecular weight excluding hydrogens is 684 g/mol. The molecule has 0 radical (unpaired) electrons. The van der Waals surface area contributed by atoms with Crippen LogP contribution in [0.4, 0.5) is 11.4 Å². The summed E-state index contributed by atoms with van der Waals surface area (Å²) in [6.45, 7) is 0.343. The van der Waals surface area contributed by atoms with Crippen LogP contribution in [-0.4, -0.2) is 68.5 Å². The number of amides is 2. The lowest BCUT2D eigenvalue weighted by molar-refractivity contribution is -0.385. The second-order valence-corrected chi connectivity index (χ2v) is 12.6. The number of thioether (sulfide) groups is 1. The second kappa shape index (κ2) is 15.1. The lowest BCUT2D eigenvalue weighted by Crippen LogP contribution is -2.74. The van der Waals surface area contributed by atoms with Crippen molar-refractivity contribution in [1.82, 2.24) is 10.2 Å². The number of nitrogens with zero attached hydrogens (tertiary/aromatic N) is 3. The maximum atomic E-state index is 13.6. The van der Waals surface area contributed by atoms with E-state index in [4.69, 9.17) is 14.2 Å². The van der Waals surface area contributed by atoms with Gasteiger partial charge in [-0.15, -0.1) is 23.1 Å². The number of nitro benzene ring substituents is 2. The molecule has 1 N–H and O–H groups in total. The Morgan fingerprint density at radius 2 is 1.47 bits per heavy atom. The first-order valence-corrected chi connectivity index (χ1v) is 16.2. The highest BCUT2D eigenvalue weighted by Crippen LogP contribution is 2.41. The van der Waals surface area contributed by atoms with Gasteiger partial charge in [0, 0.05) is 41.6 Å². The molecule has 1 fully saturated rings. The molecule has 0 aliphatic carbocycles. The number of esters is 3. The van der Waals surface area contributed by atoms with Crippen molar-refractivity contribution in [1.29, 1.82) is 0 Å². The third kappa shape index (κ3) is 7.92. The molecule has 5 rings (SSSR count). The van der Waals surface area contributed by atoms with E-state index < -0.39 is 62.9 Å². The monoisotopic (exact) mass is 710 g/mol. The topological polar surface area (TPSA) is 215 Å². The van der Waals surface area contributed by atoms with Gasteiger partial charge in [-0.3, -0.25) is 39.4 Å².